The molecule has 4 aromatic rings. The van der Waals surface area contributed by atoms with E-state index in [1.807, 2.05) is 29.7 Å². The van der Waals surface area contributed by atoms with E-state index in [4.69, 9.17) is 10.9 Å². The van der Waals surface area contributed by atoms with Crippen molar-refractivity contribution >= 4 is 61.5 Å². The summed E-state index contributed by atoms with van der Waals surface area (Å²) in [5, 5.41) is 20.8. The number of nitrogens with two attached hydrogens (primary N) is 2. The number of aromatic hydroxyl groups is 1. The number of phenolic OH excluding ortho intramolecular Hbond substituents is 1. The summed E-state index contributed by atoms with van der Waals surface area (Å²) in [4.78, 5) is 9.71. The molecule has 0 aliphatic heterocycles. The Balaban J connectivity index is 1.49. The average Bonchev–Trinajstić information content (AvgIpc) is 3.33. The Morgan fingerprint density at radius 1 is 1.00 bits per heavy atom. The third-order valence-electron chi connectivity index (χ3n) is 4.14. The molecule has 2 heterocycles. The third-order valence-corrected chi connectivity index (χ3v) is 7.07. The van der Waals surface area contributed by atoms with Crippen LogP contribution in [-0.2, 0) is 10.0 Å². The number of hydrogen-bond acceptors (Lipinski definition) is 9. The predicted octanol–water partition coefficient (Wildman–Crippen LogP) is 4.12. The summed E-state index contributed by atoms with van der Waals surface area (Å²) < 4.78 is 22.7. The highest BCUT2D eigenvalue weighted by atomic mass is 32.2. The molecule has 0 saturated carbocycles. The number of rotatable bonds is 6. The largest absolute Gasteiger partial charge is 0.508 e. The molecule has 0 saturated heterocycles. The van der Waals surface area contributed by atoms with Gasteiger partial charge in [0, 0.05) is 11.1 Å². The molecule has 2 aromatic heterocycles. The Bertz CT molecular complexity index is 1340. The van der Waals surface area contributed by atoms with Crippen molar-refractivity contribution < 1.29 is 13.5 Å². The van der Waals surface area contributed by atoms with Crippen LogP contribution in [0.5, 0.6) is 5.75 Å². The molecular formula is C20H17N5O3S3. The highest BCUT2D eigenvalue weighted by Crippen LogP contribution is 2.38. The molecule has 0 fully saturated rings. The lowest BCUT2D eigenvalue weighted by Gasteiger charge is -2.03. The maximum Gasteiger partial charge on any atom is 0.238 e. The molecule has 0 unspecified atom stereocenters. The van der Waals surface area contributed by atoms with E-state index >= 15 is 0 Å². The Morgan fingerprint density at radius 3 is 2.39 bits per heavy atom. The maximum absolute atomic E-state index is 11.4. The van der Waals surface area contributed by atoms with Crippen LogP contribution < -0.4 is 16.2 Å². The fourth-order valence-corrected chi connectivity index (χ4v) is 4.93. The molecule has 158 valence electrons. The summed E-state index contributed by atoms with van der Waals surface area (Å²) >= 11 is 2.81. The van der Waals surface area contributed by atoms with E-state index < -0.39 is 10.0 Å². The average molecular weight is 472 g/mol. The molecule has 0 bridgehead atoms. The number of nitrogens with zero attached hydrogens (tertiary/aromatic N) is 2. The van der Waals surface area contributed by atoms with Gasteiger partial charge in [-0.1, -0.05) is 29.5 Å². The van der Waals surface area contributed by atoms with Gasteiger partial charge in [0.1, 0.15) is 21.5 Å². The summed E-state index contributed by atoms with van der Waals surface area (Å²) in [6.45, 7) is 0. The van der Waals surface area contributed by atoms with Gasteiger partial charge in [0.05, 0.1) is 10.6 Å². The van der Waals surface area contributed by atoms with Crippen molar-refractivity contribution in [3.63, 3.8) is 0 Å². The second-order valence-electron chi connectivity index (χ2n) is 6.43. The molecule has 0 atom stereocenters. The quantitative estimate of drug-likeness (QED) is 0.331. The van der Waals surface area contributed by atoms with Crippen molar-refractivity contribution in [1.29, 1.82) is 0 Å². The third kappa shape index (κ3) is 5.09. The first-order chi connectivity index (χ1) is 14.8. The highest BCUT2D eigenvalue weighted by molar-refractivity contribution is 7.89. The van der Waals surface area contributed by atoms with E-state index in [0.29, 0.717) is 16.6 Å². The van der Waals surface area contributed by atoms with Gasteiger partial charge in [0.2, 0.25) is 10.0 Å². The minimum atomic E-state index is -3.74. The second kappa shape index (κ2) is 8.47. The lowest BCUT2D eigenvalue weighted by molar-refractivity contribution is 0.475. The van der Waals surface area contributed by atoms with E-state index in [2.05, 4.69) is 15.3 Å². The van der Waals surface area contributed by atoms with Crippen molar-refractivity contribution in [3.8, 4) is 15.6 Å². The molecule has 0 aliphatic carbocycles. The van der Waals surface area contributed by atoms with Crippen LogP contribution in [0.15, 0.2) is 58.8 Å². The van der Waals surface area contributed by atoms with Crippen LogP contribution in [-0.4, -0.2) is 23.5 Å². The van der Waals surface area contributed by atoms with Crippen molar-refractivity contribution in [2.75, 3.05) is 11.1 Å². The van der Waals surface area contributed by atoms with Crippen LogP contribution in [0.3, 0.4) is 0 Å². The number of anilines is 3. The molecule has 8 nitrogen and oxygen atoms in total. The van der Waals surface area contributed by atoms with Crippen LogP contribution in [0.1, 0.15) is 11.3 Å². The minimum Gasteiger partial charge on any atom is -0.508 e. The fraction of sp³-hybridized carbons (Fsp3) is 0. The number of nitrogen functional groups attached to an aromatic ring is 1. The number of aromatic nitrogens is 2. The van der Waals surface area contributed by atoms with Crippen LogP contribution in [0.2, 0.25) is 0 Å². The van der Waals surface area contributed by atoms with Gasteiger partial charge in [-0.25, -0.2) is 23.5 Å². The number of nitrogens with one attached hydrogen (secondary N) is 1. The van der Waals surface area contributed by atoms with Crippen molar-refractivity contribution in [1.82, 2.24) is 9.97 Å². The lowest BCUT2D eigenvalue weighted by atomic mass is 10.2. The fourth-order valence-electron chi connectivity index (χ4n) is 2.62. The van der Waals surface area contributed by atoms with Gasteiger partial charge < -0.3 is 16.2 Å². The normalized spacial score (nSPS) is 11.8. The van der Waals surface area contributed by atoms with E-state index in [-0.39, 0.29) is 10.6 Å². The molecule has 0 radical (unpaired) electrons. The first-order valence-corrected chi connectivity index (χ1v) is 12.1. The van der Waals surface area contributed by atoms with Crippen molar-refractivity contribution in [3.05, 3.63) is 65.2 Å². The minimum absolute atomic E-state index is 0.0352. The van der Waals surface area contributed by atoms with Crippen LogP contribution >= 0.6 is 22.7 Å². The summed E-state index contributed by atoms with van der Waals surface area (Å²) in [6.07, 6.45) is 3.79. The smallest absolute Gasteiger partial charge is 0.238 e. The number of primary sulfonamides is 1. The zero-order chi connectivity index (χ0) is 22.0. The molecule has 11 heteroatoms. The Labute approximate surface area is 186 Å². The first-order valence-electron chi connectivity index (χ1n) is 8.87. The maximum atomic E-state index is 11.4. The molecular weight excluding hydrogens is 454 g/mol. The van der Waals surface area contributed by atoms with Crippen LogP contribution in [0, 0.1) is 0 Å². The standard InChI is InChI=1S/C20H17N5O3S3/c21-18-17(19-23-14(11-29-19)4-1-12-2-7-15(26)8-3-12)30-20(25-18)24-13-5-9-16(10-6-13)31(22,27)28/h1-11,26H,21H2,(H,24,25)(H2,22,27,28). The highest BCUT2D eigenvalue weighted by Gasteiger charge is 2.14. The Morgan fingerprint density at radius 2 is 1.71 bits per heavy atom. The molecule has 2 aromatic carbocycles. The monoisotopic (exact) mass is 471 g/mol. The topological polar surface area (TPSA) is 144 Å². The lowest BCUT2D eigenvalue weighted by Crippen LogP contribution is -2.11. The molecule has 0 amide bonds. The number of sulfonamides is 1. The van der Waals surface area contributed by atoms with Crippen LogP contribution in [0.4, 0.5) is 16.6 Å². The Kier molecular flexibility index (Phi) is 5.74. The van der Waals surface area contributed by atoms with E-state index in [1.165, 1.54) is 34.8 Å². The van der Waals surface area contributed by atoms with Crippen molar-refractivity contribution in [2.45, 2.75) is 4.90 Å². The molecule has 4 rings (SSSR count). The van der Waals surface area contributed by atoms with Crippen LogP contribution in [0.25, 0.3) is 22.0 Å². The number of thiazole rings is 2. The summed E-state index contributed by atoms with van der Waals surface area (Å²) in [5.41, 5.74) is 8.48. The SMILES string of the molecule is Nc1nc(Nc2ccc(S(N)(=O)=O)cc2)sc1-c1nc(C=Cc2ccc(O)cc2)cs1. The summed E-state index contributed by atoms with van der Waals surface area (Å²) in [5.74, 6) is 0.579. The zero-order valence-electron chi connectivity index (χ0n) is 15.9. The number of benzene rings is 2. The van der Waals surface area contributed by atoms with Gasteiger partial charge in [-0.3, -0.25) is 0 Å². The Hall–Kier alpha value is -3.25. The predicted molar refractivity (Wildman–Crippen MR) is 126 cm³/mol. The van der Waals surface area contributed by atoms with E-state index in [0.717, 1.165) is 21.1 Å². The van der Waals surface area contributed by atoms with Gasteiger partial charge in [-0.05, 0) is 48.0 Å². The molecule has 0 aliphatic rings. The van der Waals surface area contributed by atoms with E-state index in [9.17, 15) is 13.5 Å². The molecule has 0 spiro atoms. The summed E-state index contributed by atoms with van der Waals surface area (Å²) in [6, 6.07) is 12.9. The molecule has 6 N–H and O–H groups in total. The zero-order valence-corrected chi connectivity index (χ0v) is 18.3. The van der Waals surface area contributed by atoms with E-state index in [1.54, 1.807) is 24.3 Å². The number of phenols is 1. The number of hydrogen-bond donors (Lipinski definition) is 4. The summed E-state index contributed by atoms with van der Waals surface area (Å²) in [7, 11) is -3.74. The van der Waals surface area contributed by atoms with Gasteiger partial charge in [-0.2, -0.15) is 0 Å². The molecule has 31 heavy (non-hydrogen) atoms. The van der Waals surface area contributed by atoms with Crippen molar-refractivity contribution in [2.24, 2.45) is 5.14 Å². The second-order valence-corrected chi connectivity index (χ2v) is 9.85. The van der Waals surface area contributed by atoms with Gasteiger partial charge in [0.25, 0.3) is 0 Å². The van der Waals surface area contributed by atoms with Gasteiger partial charge in [0.15, 0.2) is 5.13 Å². The van der Waals surface area contributed by atoms with Gasteiger partial charge >= 0.3 is 0 Å². The van der Waals surface area contributed by atoms with Gasteiger partial charge in [-0.15, -0.1) is 11.3 Å². The first kappa shape index (κ1) is 21.0.